The topological polar surface area (TPSA) is 51.3 Å². The van der Waals surface area contributed by atoms with Crippen LogP contribution in [-0.2, 0) is 0 Å². The van der Waals surface area contributed by atoms with Crippen LogP contribution in [0.5, 0.6) is 0 Å². The van der Waals surface area contributed by atoms with Gasteiger partial charge in [0.2, 0.25) is 0 Å². The molecular weight excluding hydrogens is 334 g/mol. The van der Waals surface area contributed by atoms with Crippen molar-refractivity contribution in [2.24, 2.45) is 10.7 Å². The molecule has 5 heteroatoms. The molecule has 16 heavy (non-hydrogen) atoms. The van der Waals surface area contributed by atoms with E-state index < -0.39 is 0 Å². The Morgan fingerprint density at radius 3 is 2.75 bits per heavy atom. The van der Waals surface area contributed by atoms with Gasteiger partial charge in [-0.2, -0.15) is 0 Å². The van der Waals surface area contributed by atoms with Gasteiger partial charge in [-0.1, -0.05) is 12.6 Å². The van der Waals surface area contributed by atoms with Crippen molar-refractivity contribution in [1.82, 2.24) is 4.98 Å². The molecule has 0 aliphatic carbocycles. The Bertz CT molecular complexity index is 460. The van der Waals surface area contributed by atoms with Gasteiger partial charge in [0, 0.05) is 11.8 Å². The SMILES string of the molecule is C=C(/N=C(Br)\C=C(/N)Br)c1cccc(C)n1. The molecule has 1 aromatic heterocycles. The normalized spacial score (nSPS) is 12.7. The first kappa shape index (κ1) is 13.1. The predicted molar refractivity (Wildman–Crippen MR) is 75.6 cm³/mol. The molecule has 0 bridgehead atoms. The van der Waals surface area contributed by atoms with Gasteiger partial charge in [0.15, 0.2) is 0 Å². The van der Waals surface area contributed by atoms with Gasteiger partial charge in [-0.3, -0.25) is 4.98 Å². The van der Waals surface area contributed by atoms with Gasteiger partial charge in [0.1, 0.15) is 4.62 Å². The first-order valence-corrected chi connectivity index (χ1v) is 6.07. The molecule has 3 nitrogen and oxygen atoms in total. The summed E-state index contributed by atoms with van der Waals surface area (Å²) < 4.78 is 1.09. The second kappa shape index (κ2) is 5.96. The molecule has 84 valence electrons. The minimum atomic E-state index is 0.494. The fourth-order valence-electron chi connectivity index (χ4n) is 1.04. The highest BCUT2D eigenvalue weighted by atomic mass is 79.9. The fraction of sp³-hybridized carbons (Fsp3) is 0.0909. The molecule has 0 radical (unpaired) electrons. The summed E-state index contributed by atoms with van der Waals surface area (Å²) in [6, 6.07) is 5.70. The van der Waals surface area contributed by atoms with Crippen molar-refractivity contribution in [1.29, 1.82) is 0 Å². The Morgan fingerprint density at radius 1 is 1.50 bits per heavy atom. The zero-order chi connectivity index (χ0) is 12.1. The Labute approximate surface area is 111 Å². The lowest BCUT2D eigenvalue weighted by atomic mass is 10.3. The van der Waals surface area contributed by atoms with E-state index in [1.165, 1.54) is 0 Å². The van der Waals surface area contributed by atoms with Gasteiger partial charge in [-0.25, -0.2) is 4.99 Å². The van der Waals surface area contributed by atoms with Crippen LogP contribution in [0.3, 0.4) is 0 Å². The molecular formula is C11H11Br2N3. The van der Waals surface area contributed by atoms with E-state index in [1.54, 1.807) is 6.08 Å². The molecule has 0 aliphatic rings. The summed E-state index contributed by atoms with van der Waals surface area (Å²) in [6.45, 7) is 5.77. The molecule has 0 aromatic carbocycles. The Morgan fingerprint density at radius 2 is 2.19 bits per heavy atom. The third kappa shape index (κ3) is 4.28. The molecule has 1 aromatic rings. The van der Waals surface area contributed by atoms with E-state index in [9.17, 15) is 0 Å². The van der Waals surface area contributed by atoms with Crippen LogP contribution in [0, 0.1) is 6.92 Å². The number of allylic oxidation sites excluding steroid dienone is 1. The molecule has 0 aliphatic heterocycles. The van der Waals surface area contributed by atoms with Crippen molar-refractivity contribution in [3.05, 3.63) is 46.8 Å². The van der Waals surface area contributed by atoms with Crippen LogP contribution in [0.25, 0.3) is 5.70 Å². The van der Waals surface area contributed by atoms with Gasteiger partial charge in [0.05, 0.1) is 16.0 Å². The van der Waals surface area contributed by atoms with E-state index in [2.05, 4.69) is 48.4 Å². The molecule has 0 spiro atoms. The number of pyridine rings is 1. The van der Waals surface area contributed by atoms with Gasteiger partial charge in [0.25, 0.3) is 0 Å². The molecule has 0 saturated carbocycles. The van der Waals surface area contributed by atoms with E-state index in [-0.39, 0.29) is 0 Å². The van der Waals surface area contributed by atoms with Crippen LogP contribution in [-0.4, -0.2) is 9.60 Å². The van der Waals surface area contributed by atoms with Crippen molar-refractivity contribution < 1.29 is 0 Å². The summed E-state index contributed by atoms with van der Waals surface area (Å²) in [5, 5.41) is 0. The average molecular weight is 345 g/mol. The van der Waals surface area contributed by atoms with E-state index in [0.29, 0.717) is 14.9 Å². The highest BCUT2D eigenvalue weighted by Crippen LogP contribution is 2.13. The Hall–Kier alpha value is -0.940. The maximum absolute atomic E-state index is 5.45. The zero-order valence-corrected chi connectivity index (χ0v) is 11.9. The highest BCUT2D eigenvalue weighted by Gasteiger charge is 1.99. The molecule has 0 saturated heterocycles. The van der Waals surface area contributed by atoms with Crippen LogP contribution in [0.2, 0.25) is 0 Å². The summed E-state index contributed by atoms with van der Waals surface area (Å²) >= 11 is 6.39. The number of nitrogens with two attached hydrogens (primary N) is 1. The van der Waals surface area contributed by atoms with Crippen LogP contribution in [0.15, 0.2) is 40.5 Å². The number of rotatable bonds is 3. The van der Waals surface area contributed by atoms with Crippen molar-refractivity contribution in [3.8, 4) is 0 Å². The van der Waals surface area contributed by atoms with E-state index in [1.807, 2.05) is 25.1 Å². The molecule has 1 rings (SSSR count). The fourth-order valence-corrected chi connectivity index (χ4v) is 2.02. The van der Waals surface area contributed by atoms with Gasteiger partial charge in [-0.05, 0) is 50.9 Å². The lowest BCUT2D eigenvalue weighted by Crippen LogP contribution is -1.93. The quantitative estimate of drug-likeness (QED) is 0.675. The number of aromatic nitrogens is 1. The summed E-state index contributed by atoms with van der Waals surface area (Å²) in [4.78, 5) is 8.53. The average Bonchev–Trinajstić information content (AvgIpc) is 2.16. The Balaban J connectivity index is 2.92. The smallest absolute Gasteiger partial charge is 0.109 e. The van der Waals surface area contributed by atoms with Crippen molar-refractivity contribution in [3.63, 3.8) is 0 Å². The van der Waals surface area contributed by atoms with Gasteiger partial charge >= 0.3 is 0 Å². The van der Waals surface area contributed by atoms with E-state index in [0.717, 1.165) is 11.4 Å². The first-order valence-electron chi connectivity index (χ1n) is 4.49. The van der Waals surface area contributed by atoms with Crippen molar-refractivity contribution >= 4 is 42.2 Å². The highest BCUT2D eigenvalue weighted by molar-refractivity contribution is 9.18. The van der Waals surface area contributed by atoms with Gasteiger partial charge in [-0.15, -0.1) is 0 Å². The maximum Gasteiger partial charge on any atom is 0.109 e. The molecule has 0 amide bonds. The summed E-state index contributed by atoms with van der Waals surface area (Å²) in [7, 11) is 0. The summed E-state index contributed by atoms with van der Waals surface area (Å²) in [5.74, 6) is 0. The van der Waals surface area contributed by atoms with Crippen LogP contribution in [0.4, 0.5) is 0 Å². The number of halogens is 2. The van der Waals surface area contributed by atoms with E-state index >= 15 is 0 Å². The largest absolute Gasteiger partial charge is 0.393 e. The minimum Gasteiger partial charge on any atom is -0.393 e. The predicted octanol–water partition coefficient (Wildman–Crippen LogP) is 3.35. The molecule has 2 N–H and O–H groups in total. The number of aliphatic imine (C=N–C) groups is 1. The molecule has 0 fully saturated rings. The molecule has 1 heterocycles. The van der Waals surface area contributed by atoms with Crippen molar-refractivity contribution in [2.45, 2.75) is 6.92 Å². The molecule has 0 atom stereocenters. The first-order chi connectivity index (χ1) is 7.49. The second-order valence-corrected chi connectivity index (χ2v) is 4.80. The Kier molecular flexibility index (Phi) is 4.89. The molecule has 0 unspecified atom stereocenters. The van der Waals surface area contributed by atoms with Crippen LogP contribution >= 0.6 is 31.9 Å². The zero-order valence-electron chi connectivity index (χ0n) is 8.74. The number of hydrogen-bond acceptors (Lipinski definition) is 3. The van der Waals surface area contributed by atoms with Crippen molar-refractivity contribution in [2.75, 3.05) is 0 Å². The summed E-state index contributed by atoms with van der Waals surface area (Å²) in [5.41, 5.74) is 7.72. The third-order valence-electron chi connectivity index (χ3n) is 1.68. The second-order valence-electron chi connectivity index (χ2n) is 3.07. The number of hydrogen-bond donors (Lipinski definition) is 1. The van der Waals surface area contributed by atoms with Crippen LogP contribution in [0.1, 0.15) is 11.4 Å². The summed E-state index contributed by atoms with van der Waals surface area (Å²) in [6.07, 6.45) is 1.64. The number of nitrogens with zero attached hydrogens (tertiary/aromatic N) is 2. The third-order valence-corrected chi connectivity index (χ3v) is 2.32. The van der Waals surface area contributed by atoms with Crippen LogP contribution < -0.4 is 5.73 Å². The maximum atomic E-state index is 5.45. The van der Waals surface area contributed by atoms with Gasteiger partial charge < -0.3 is 5.73 Å². The lowest BCUT2D eigenvalue weighted by molar-refractivity contribution is 1.16. The number of aryl methyl sites for hydroxylation is 1. The minimum absolute atomic E-state index is 0.494. The van der Waals surface area contributed by atoms with E-state index in [4.69, 9.17) is 5.73 Å². The lowest BCUT2D eigenvalue weighted by Gasteiger charge is -2.00. The monoisotopic (exact) mass is 343 g/mol. The standard InChI is InChI=1S/C11H11Br2N3/c1-7-4-3-5-9(15-7)8(2)16-11(13)6-10(12)14/h3-6H,2,14H2,1H3/b10-6-,16-11+.